The molecule has 1 rings (SSSR count). The van der Waals surface area contributed by atoms with Crippen molar-refractivity contribution in [2.24, 2.45) is 5.92 Å². The summed E-state index contributed by atoms with van der Waals surface area (Å²) in [6, 6.07) is 0. The second-order valence-corrected chi connectivity index (χ2v) is 4.99. The summed E-state index contributed by atoms with van der Waals surface area (Å²) < 4.78 is -0.194. The van der Waals surface area contributed by atoms with E-state index in [1.165, 1.54) is 0 Å². The Bertz CT molecular complexity index is 210. The van der Waals surface area contributed by atoms with Crippen molar-refractivity contribution in [2.75, 3.05) is 0 Å². The molecule has 1 N–H and O–H groups in total. The van der Waals surface area contributed by atoms with Gasteiger partial charge in [-0.15, -0.1) is 0 Å². The van der Waals surface area contributed by atoms with Crippen LogP contribution in [0.5, 0.6) is 0 Å². The van der Waals surface area contributed by atoms with Crippen molar-refractivity contribution in [3.8, 4) is 0 Å². The Kier molecular flexibility index (Phi) is 1.96. The molecule has 0 bridgehead atoms. The third-order valence-corrected chi connectivity index (χ3v) is 2.86. The lowest BCUT2D eigenvalue weighted by molar-refractivity contribution is -0.144. The predicted molar refractivity (Wildman–Crippen MR) is 42.4 cm³/mol. The molecule has 0 radical (unpaired) electrons. The van der Waals surface area contributed by atoms with Crippen molar-refractivity contribution in [1.82, 2.24) is 0 Å². The van der Waals surface area contributed by atoms with Gasteiger partial charge in [0.25, 0.3) is 0 Å². The van der Waals surface area contributed by atoms with Crippen molar-refractivity contribution in [1.29, 1.82) is 0 Å². The van der Waals surface area contributed by atoms with Gasteiger partial charge in [0, 0.05) is 4.75 Å². The van der Waals surface area contributed by atoms with Crippen LogP contribution < -0.4 is 0 Å². The highest BCUT2D eigenvalue weighted by Crippen LogP contribution is 2.41. The molecular weight excluding hydrogens is 164 g/mol. The number of hydrogen-bond acceptors (Lipinski definition) is 3. The third kappa shape index (κ3) is 1.74. The number of thioether (sulfide) groups is 1. The molecule has 1 heterocycles. The summed E-state index contributed by atoms with van der Waals surface area (Å²) in [5, 5.41) is 8.38. The molecule has 1 aliphatic heterocycles. The Morgan fingerprint density at radius 3 is 2.45 bits per heavy atom. The number of carboxylic acids is 1. The molecule has 0 amide bonds. The summed E-state index contributed by atoms with van der Waals surface area (Å²) in [4.78, 5) is 21.5. The summed E-state index contributed by atoms with van der Waals surface area (Å²) in [7, 11) is 0. The lowest BCUT2D eigenvalue weighted by Gasteiger charge is -2.12. The lowest BCUT2D eigenvalue weighted by atomic mass is 9.99. The Hall–Kier alpha value is -0.510. The van der Waals surface area contributed by atoms with Crippen LogP contribution in [0.2, 0.25) is 0 Å². The first kappa shape index (κ1) is 8.59. The van der Waals surface area contributed by atoms with Gasteiger partial charge in [-0.05, 0) is 6.42 Å². The highest BCUT2D eigenvalue weighted by Gasteiger charge is 2.42. The van der Waals surface area contributed by atoms with E-state index in [0.717, 1.165) is 11.8 Å². The number of carbonyl (C=O) groups excluding carboxylic acids is 1. The van der Waals surface area contributed by atoms with Crippen LogP contribution in [0.25, 0.3) is 0 Å². The van der Waals surface area contributed by atoms with Gasteiger partial charge >= 0.3 is 5.97 Å². The minimum Gasteiger partial charge on any atom is -0.481 e. The number of carbonyl (C=O) groups is 2. The molecule has 62 valence electrons. The van der Waals surface area contributed by atoms with Crippen molar-refractivity contribution in [3.05, 3.63) is 0 Å². The van der Waals surface area contributed by atoms with Crippen LogP contribution in [0.15, 0.2) is 0 Å². The Morgan fingerprint density at radius 1 is 1.73 bits per heavy atom. The third-order valence-electron chi connectivity index (χ3n) is 1.66. The largest absolute Gasteiger partial charge is 0.481 e. The van der Waals surface area contributed by atoms with Gasteiger partial charge in [-0.1, -0.05) is 25.6 Å². The molecule has 0 aromatic heterocycles. The van der Waals surface area contributed by atoms with E-state index >= 15 is 0 Å². The van der Waals surface area contributed by atoms with Crippen LogP contribution >= 0.6 is 11.8 Å². The van der Waals surface area contributed by atoms with Gasteiger partial charge in [0.1, 0.15) is 5.92 Å². The molecule has 0 saturated carbocycles. The maximum Gasteiger partial charge on any atom is 0.315 e. The van der Waals surface area contributed by atoms with Crippen LogP contribution in [0.1, 0.15) is 20.3 Å². The standard InChI is InChI=1S/C7H10O3S/c1-7(2)3-4(5(8)9)6(10)11-7/h4H,3H2,1-2H3,(H,8,9). The minimum absolute atomic E-state index is 0.194. The molecule has 1 aliphatic rings. The molecular formula is C7H10O3S. The Balaban J connectivity index is 2.74. The summed E-state index contributed by atoms with van der Waals surface area (Å²) in [6.45, 7) is 3.77. The van der Waals surface area contributed by atoms with Crippen LogP contribution in [0.3, 0.4) is 0 Å². The molecule has 1 saturated heterocycles. The lowest BCUT2D eigenvalue weighted by Crippen LogP contribution is -2.18. The zero-order valence-corrected chi connectivity index (χ0v) is 7.27. The molecule has 1 unspecified atom stereocenters. The van der Waals surface area contributed by atoms with Crippen LogP contribution in [-0.4, -0.2) is 20.9 Å². The van der Waals surface area contributed by atoms with Crippen molar-refractivity contribution in [3.63, 3.8) is 0 Å². The van der Waals surface area contributed by atoms with E-state index in [-0.39, 0.29) is 9.86 Å². The number of rotatable bonds is 1. The number of carboxylic acid groups (broad SMARTS) is 1. The first-order valence-electron chi connectivity index (χ1n) is 3.38. The van der Waals surface area contributed by atoms with E-state index < -0.39 is 11.9 Å². The van der Waals surface area contributed by atoms with E-state index in [9.17, 15) is 9.59 Å². The first-order valence-corrected chi connectivity index (χ1v) is 4.20. The van der Waals surface area contributed by atoms with Gasteiger partial charge in [-0.3, -0.25) is 9.59 Å². The topological polar surface area (TPSA) is 54.4 Å². The maximum absolute atomic E-state index is 11.0. The second-order valence-electron chi connectivity index (χ2n) is 3.28. The number of aliphatic carboxylic acids is 1. The van der Waals surface area contributed by atoms with Crippen LogP contribution in [0, 0.1) is 5.92 Å². The highest BCUT2D eigenvalue weighted by molar-refractivity contribution is 8.15. The molecule has 0 aliphatic carbocycles. The molecule has 1 fully saturated rings. The molecule has 3 nitrogen and oxygen atoms in total. The zero-order valence-electron chi connectivity index (χ0n) is 6.46. The predicted octanol–water partition coefficient (Wildman–Crippen LogP) is 1.13. The van der Waals surface area contributed by atoms with E-state index in [2.05, 4.69) is 0 Å². The first-order chi connectivity index (χ1) is 4.92. The summed E-state index contributed by atoms with van der Waals surface area (Å²) in [6.07, 6.45) is 0.450. The normalized spacial score (nSPS) is 28.9. The molecule has 4 heteroatoms. The Labute approximate surface area is 69.2 Å². The molecule has 0 aromatic carbocycles. The smallest absolute Gasteiger partial charge is 0.315 e. The van der Waals surface area contributed by atoms with Crippen molar-refractivity contribution < 1.29 is 14.7 Å². The quantitative estimate of drug-likeness (QED) is 0.605. The fourth-order valence-electron chi connectivity index (χ4n) is 1.15. The summed E-state index contributed by atoms with van der Waals surface area (Å²) in [5.74, 6) is -1.77. The second kappa shape index (κ2) is 2.52. The fourth-order valence-corrected chi connectivity index (χ4v) is 2.27. The monoisotopic (exact) mass is 174 g/mol. The highest BCUT2D eigenvalue weighted by atomic mass is 32.2. The fraction of sp³-hybridized carbons (Fsp3) is 0.714. The molecule has 0 aromatic rings. The molecule has 11 heavy (non-hydrogen) atoms. The maximum atomic E-state index is 11.0. The van der Waals surface area contributed by atoms with Gasteiger partial charge in [0.2, 0.25) is 5.12 Å². The van der Waals surface area contributed by atoms with Crippen molar-refractivity contribution in [2.45, 2.75) is 25.0 Å². The van der Waals surface area contributed by atoms with Crippen LogP contribution in [-0.2, 0) is 9.59 Å². The number of hydrogen-bond donors (Lipinski definition) is 1. The molecule has 0 spiro atoms. The van der Waals surface area contributed by atoms with E-state index in [1.807, 2.05) is 13.8 Å². The van der Waals surface area contributed by atoms with E-state index in [4.69, 9.17) is 5.11 Å². The summed E-state index contributed by atoms with van der Waals surface area (Å²) >= 11 is 1.14. The van der Waals surface area contributed by atoms with Gasteiger partial charge in [0.05, 0.1) is 0 Å². The van der Waals surface area contributed by atoms with Gasteiger partial charge in [-0.25, -0.2) is 0 Å². The van der Waals surface area contributed by atoms with Crippen LogP contribution in [0.4, 0.5) is 0 Å². The van der Waals surface area contributed by atoms with E-state index in [0.29, 0.717) is 6.42 Å². The average molecular weight is 174 g/mol. The SMILES string of the molecule is CC1(C)CC(C(=O)O)C(=O)S1. The van der Waals surface area contributed by atoms with Gasteiger partial charge < -0.3 is 5.11 Å². The van der Waals surface area contributed by atoms with Crippen molar-refractivity contribution >= 4 is 22.8 Å². The minimum atomic E-state index is -0.993. The zero-order chi connectivity index (χ0) is 8.65. The van der Waals surface area contributed by atoms with Gasteiger partial charge in [0.15, 0.2) is 0 Å². The van der Waals surface area contributed by atoms with E-state index in [1.54, 1.807) is 0 Å². The van der Waals surface area contributed by atoms with Gasteiger partial charge in [-0.2, -0.15) is 0 Å². The average Bonchev–Trinajstić information content (AvgIpc) is 2.05. The Morgan fingerprint density at radius 2 is 2.27 bits per heavy atom. The molecule has 1 atom stereocenters. The summed E-state index contributed by atoms with van der Waals surface area (Å²) in [5.41, 5.74) is 0.